The van der Waals surface area contributed by atoms with Gasteiger partial charge in [-0.3, -0.25) is 9.69 Å². The number of amides is 1. The van der Waals surface area contributed by atoms with E-state index in [2.05, 4.69) is 15.1 Å². The maximum atomic E-state index is 13.0. The summed E-state index contributed by atoms with van der Waals surface area (Å²) in [5, 5.41) is 5.02. The summed E-state index contributed by atoms with van der Waals surface area (Å²) >= 11 is 6.12. The van der Waals surface area contributed by atoms with Crippen molar-refractivity contribution in [3.63, 3.8) is 0 Å². The van der Waals surface area contributed by atoms with Crippen molar-refractivity contribution in [2.75, 3.05) is 4.90 Å². The summed E-state index contributed by atoms with van der Waals surface area (Å²) in [6, 6.07) is 12.3. The van der Waals surface area contributed by atoms with E-state index in [1.54, 1.807) is 40.9 Å². The fourth-order valence-electron chi connectivity index (χ4n) is 2.87. The first-order chi connectivity index (χ1) is 13.0. The lowest BCUT2D eigenvalue weighted by molar-refractivity contribution is 0.0958. The fraction of sp³-hybridized carbons (Fsp3) is 0.158. The Kier molecular flexibility index (Phi) is 4.37. The Morgan fingerprint density at radius 3 is 2.78 bits per heavy atom. The predicted octanol–water partition coefficient (Wildman–Crippen LogP) is 3.83. The zero-order valence-electron chi connectivity index (χ0n) is 14.8. The molecule has 8 heteroatoms. The van der Waals surface area contributed by atoms with Gasteiger partial charge in [-0.2, -0.15) is 4.98 Å². The third-order valence-corrected chi connectivity index (χ3v) is 4.29. The first-order valence-electron chi connectivity index (χ1n) is 8.32. The number of fused-ring (bicyclic) bond motifs is 1. The van der Waals surface area contributed by atoms with Crippen LogP contribution in [0.1, 0.15) is 27.8 Å². The van der Waals surface area contributed by atoms with Crippen molar-refractivity contribution >= 4 is 29.0 Å². The molecule has 0 N–H and O–H groups in total. The van der Waals surface area contributed by atoms with Crippen LogP contribution in [0.3, 0.4) is 0 Å². The van der Waals surface area contributed by atoms with Crippen LogP contribution in [-0.4, -0.2) is 25.5 Å². The van der Waals surface area contributed by atoms with Gasteiger partial charge >= 0.3 is 0 Å². The largest absolute Gasteiger partial charge is 0.459 e. The molecule has 0 saturated carbocycles. The maximum absolute atomic E-state index is 13.0. The number of hydrogen-bond donors (Lipinski definition) is 0. The van der Waals surface area contributed by atoms with Crippen molar-refractivity contribution < 1.29 is 9.21 Å². The molecule has 4 rings (SSSR count). The van der Waals surface area contributed by atoms with Gasteiger partial charge in [-0.1, -0.05) is 17.7 Å². The van der Waals surface area contributed by atoms with Gasteiger partial charge in [0.25, 0.3) is 11.7 Å². The summed E-state index contributed by atoms with van der Waals surface area (Å²) in [5.41, 5.74) is 2.41. The maximum Gasteiger partial charge on any atom is 0.294 e. The van der Waals surface area contributed by atoms with Gasteiger partial charge in [0.1, 0.15) is 0 Å². The summed E-state index contributed by atoms with van der Waals surface area (Å²) in [6.45, 7) is 3.99. The van der Waals surface area contributed by atoms with Crippen LogP contribution in [0.25, 0.3) is 5.78 Å². The van der Waals surface area contributed by atoms with Crippen molar-refractivity contribution in [1.29, 1.82) is 0 Å². The molecule has 1 aromatic carbocycles. The number of anilines is 1. The molecular formula is C19H16ClN5O2. The summed E-state index contributed by atoms with van der Waals surface area (Å²) in [7, 11) is 0. The molecule has 0 radical (unpaired) electrons. The number of carbonyl (C=O) groups excluding carboxylic acids is 1. The number of carbonyl (C=O) groups is 1. The average Bonchev–Trinajstić information content (AvgIpc) is 3.29. The Labute approximate surface area is 160 Å². The lowest BCUT2D eigenvalue weighted by Gasteiger charge is -2.20. The number of furan rings is 1. The molecule has 0 aliphatic rings. The predicted molar refractivity (Wildman–Crippen MR) is 101 cm³/mol. The molecule has 0 unspecified atom stereocenters. The SMILES string of the molecule is Cc1cc(C)n2nc(CN(C(=O)c3ccco3)c3cccc(Cl)c3)nc2n1. The molecular weight excluding hydrogens is 366 g/mol. The number of halogens is 1. The van der Waals surface area contributed by atoms with Crippen molar-refractivity contribution in [1.82, 2.24) is 19.6 Å². The first kappa shape index (κ1) is 17.2. The van der Waals surface area contributed by atoms with Crippen LogP contribution in [0.15, 0.2) is 53.1 Å². The van der Waals surface area contributed by atoms with Gasteiger partial charge in [0.05, 0.1) is 12.8 Å². The molecule has 3 aromatic heterocycles. The average molecular weight is 382 g/mol. The molecule has 0 atom stereocenters. The highest BCUT2D eigenvalue weighted by molar-refractivity contribution is 6.31. The Morgan fingerprint density at radius 2 is 2.04 bits per heavy atom. The minimum atomic E-state index is -0.304. The van der Waals surface area contributed by atoms with E-state index in [-0.39, 0.29) is 18.2 Å². The van der Waals surface area contributed by atoms with Crippen molar-refractivity contribution in [2.24, 2.45) is 0 Å². The Balaban J connectivity index is 1.75. The van der Waals surface area contributed by atoms with Crippen LogP contribution in [-0.2, 0) is 6.54 Å². The second-order valence-corrected chi connectivity index (χ2v) is 6.56. The van der Waals surface area contributed by atoms with Crippen LogP contribution in [0.5, 0.6) is 0 Å². The van der Waals surface area contributed by atoms with E-state index in [1.807, 2.05) is 19.9 Å². The summed E-state index contributed by atoms with van der Waals surface area (Å²) in [6.07, 6.45) is 1.46. The topological polar surface area (TPSA) is 76.5 Å². The normalized spacial score (nSPS) is 11.1. The molecule has 3 heterocycles. The zero-order chi connectivity index (χ0) is 19.0. The van der Waals surface area contributed by atoms with Gasteiger partial charge < -0.3 is 4.42 Å². The summed E-state index contributed by atoms with van der Waals surface area (Å²) in [5.74, 6) is 0.890. The van der Waals surface area contributed by atoms with Crippen LogP contribution < -0.4 is 4.90 Å². The lowest BCUT2D eigenvalue weighted by atomic mass is 10.2. The molecule has 1 amide bonds. The highest BCUT2D eigenvalue weighted by Crippen LogP contribution is 2.23. The molecule has 0 spiro atoms. The second-order valence-electron chi connectivity index (χ2n) is 6.13. The van der Waals surface area contributed by atoms with E-state index < -0.39 is 0 Å². The standard InChI is InChI=1S/C19H16ClN5O2/c1-12-9-13(2)25-19(21-12)22-17(23-25)11-24(15-6-3-5-14(20)10-15)18(26)16-7-4-8-27-16/h3-10H,11H2,1-2H3. The zero-order valence-corrected chi connectivity index (χ0v) is 15.5. The molecule has 0 aliphatic heterocycles. The smallest absolute Gasteiger partial charge is 0.294 e. The van der Waals surface area contributed by atoms with Crippen molar-refractivity contribution in [3.05, 3.63) is 76.7 Å². The van der Waals surface area contributed by atoms with Gasteiger partial charge in [-0.15, -0.1) is 5.10 Å². The van der Waals surface area contributed by atoms with Gasteiger partial charge in [0.15, 0.2) is 11.6 Å². The third kappa shape index (κ3) is 3.41. The molecule has 0 fully saturated rings. The fourth-order valence-corrected chi connectivity index (χ4v) is 3.06. The minimum absolute atomic E-state index is 0.154. The number of hydrogen-bond acceptors (Lipinski definition) is 5. The molecule has 7 nitrogen and oxygen atoms in total. The van der Waals surface area contributed by atoms with Crippen LogP contribution in [0.4, 0.5) is 5.69 Å². The van der Waals surface area contributed by atoms with Gasteiger partial charge in [0.2, 0.25) is 0 Å². The van der Waals surface area contributed by atoms with E-state index >= 15 is 0 Å². The van der Waals surface area contributed by atoms with E-state index in [0.29, 0.717) is 22.3 Å². The minimum Gasteiger partial charge on any atom is -0.459 e. The molecule has 0 saturated heterocycles. The number of benzene rings is 1. The van der Waals surface area contributed by atoms with Gasteiger partial charge in [0, 0.05) is 22.1 Å². The monoisotopic (exact) mass is 381 g/mol. The Bertz CT molecular complexity index is 1120. The quantitative estimate of drug-likeness (QED) is 0.537. The number of aromatic nitrogens is 4. The highest BCUT2D eigenvalue weighted by Gasteiger charge is 2.23. The Morgan fingerprint density at radius 1 is 1.19 bits per heavy atom. The van der Waals surface area contributed by atoms with Crippen LogP contribution >= 0.6 is 11.6 Å². The number of rotatable bonds is 4. The van der Waals surface area contributed by atoms with Gasteiger partial charge in [-0.05, 0) is 50.2 Å². The van der Waals surface area contributed by atoms with Crippen molar-refractivity contribution in [3.8, 4) is 0 Å². The number of nitrogens with zero attached hydrogens (tertiary/aromatic N) is 5. The first-order valence-corrected chi connectivity index (χ1v) is 8.70. The van der Waals surface area contributed by atoms with E-state index in [4.69, 9.17) is 16.0 Å². The molecule has 27 heavy (non-hydrogen) atoms. The van der Waals surface area contributed by atoms with Crippen LogP contribution in [0, 0.1) is 13.8 Å². The van der Waals surface area contributed by atoms with E-state index in [1.165, 1.54) is 11.2 Å². The van der Waals surface area contributed by atoms with E-state index in [0.717, 1.165) is 11.4 Å². The molecule has 0 aliphatic carbocycles. The van der Waals surface area contributed by atoms with E-state index in [9.17, 15) is 4.79 Å². The molecule has 4 aromatic rings. The molecule has 136 valence electrons. The second kappa shape index (κ2) is 6.85. The lowest BCUT2D eigenvalue weighted by Crippen LogP contribution is -2.30. The highest BCUT2D eigenvalue weighted by atomic mass is 35.5. The van der Waals surface area contributed by atoms with Crippen molar-refractivity contribution in [2.45, 2.75) is 20.4 Å². The number of aryl methyl sites for hydroxylation is 2. The Hall–Kier alpha value is -3.19. The summed E-state index contributed by atoms with van der Waals surface area (Å²) < 4.78 is 6.94. The van der Waals surface area contributed by atoms with Crippen LogP contribution in [0.2, 0.25) is 5.02 Å². The molecule has 0 bridgehead atoms. The summed E-state index contributed by atoms with van der Waals surface area (Å²) in [4.78, 5) is 23.4. The van der Waals surface area contributed by atoms with Gasteiger partial charge in [-0.25, -0.2) is 9.50 Å². The third-order valence-electron chi connectivity index (χ3n) is 4.06.